The van der Waals surface area contributed by atoms with E-state index >= 15 is 0 Å². The standard InChI is InChI=1S/C13H17N3S2/c1-9-7-17-12(15-9)18-11-4-5-13(6-11,8-14)16-10-2-3-10/h7,10-11,16H,2-6H2,1H3. The van der Waals surface area contributed by atoms with E-state index in [1.165, 1.54) is 12.8 Å². The van der Waals surface area contributed by atoms with Crippen molar-refractivity contribution in [3.8, 4) is 6.07 Å². The SMILES string of the molecule is Cc1csc(SC2CCC(C#N)(NC3CC3)C2)n1. The van der Waals surface area contributed by atoms with Gasteiger partial charge in [-0.25, -0.2) is 4.98 Å². The average molecular weight is 279 g/mol. The predicted molar refractivity (Wildman–Crippen MR) is 74.8 cm³/mol. The first kappa shape index (κ1) is 12.5. The largest absolute Gasteiger partial charge is 0.297 e. The summed E-state index contributed by atoms with van der Waals surface area (Å²) in [6.07, 6.45) is 5.56. The maximum Gasteiger partial charge on any atom is 0.150 e. The Labute approximate surface area is 116 Å². The van der Waals surface area contributed by atoms with E-state index in [2.05, 4.69) is 21.8 Å². The van der Waals surface area contributed by atoms with Crippen LogP contribution in [0.4, 0.5) is 0 Å². The van der Waals surface area contributed by atoms with Gasteiger partial charge in [0.15, 0.2) is 0 Å². The van der Waals surface area contributed by atoms with Gasteiger partial charge < -0.3 is 0 Å². The van der Waals surface area contributed by atoms with Crippen molar-refractivity contribution >= 4 is 23.1 Å². The highest BCUT2D eigenvalue weighted by Crippen LogP contribution is 2.42. The monoisotopic (exact) mass is 279 g/mol. The molecule has 2 aliphatic rings. The highest BCUT2D eigenvalue weighted by Gasteiger charge is 2.43. The Morgan fingerprint density at radius 3 is 3.00 bits per heavy atom. The summed E-state index contributed by atoms with van der Waals surface area (Å²) in [5.41, 5.74) is 0.841. The van der Waals surface area contributed by atoms with Crippen molar-refractivity contribution in [2.75, 3.05) is 0 Å². The molecule has 0 aliphatic heterocycles. The lowest BCUT2D eigenvalue weighted by Crippen LogP contribution is -2.43. The Balaban J connectivity index is 1.61. The Hall–Kier alpha value is -0.570. The van der Waals surface area contributed by atoms with Gasteiger partial charge in [0.1, 0.15) is 9.88 Å². The molecule has 0 radical (unpaired) electrons. The zero-order chi connectivity index (χ0) is 12.6. The molecule has 3 nitrogen and oxygen atoms in total. The molecule has 0 saturated heterocycles. The maximum absolute atomic E-state index is 9.45. The molecule has 0 amide bonds. The Bertz CT molecular complexity index is 475. The van der Waals surface area contributed by atoms with Crippen LogP contribution in [0.15, 0.2) is 9.72 Å². The van der Waals surface area contributed by atoms with E-state index in [0.717, 1.165) is 29.3 Å². The number of hydrogen-bond acceptors (Lipinski definition) is 5. The third-order valence-electron chi connectivity index (χ3n) is 3.61. The first-order valence-electron chi connectivity index (χ1n) is 6.47. The summed E-state index contributed by atoms with van der Waals surface area (Å²) in [6, 6.07) is 3.14. The molecule has 96 valence electrons. The first-order valence-corrected chi connectivity index (χ1v) is 8.23. The summed E-state index contributed by atoms with van der Waals surface area (Å²) in [5.74, 6) is 0. The molecule has 2 aliphatic carbocycles. The summed E-state index contributed by atoms with van der Waals surface area (Å²) in [7, 11) is 0. The van der Waals surface area contributed by atoms with Crippen LogP contribution in [0.3, 0.4) is 0 Å². The van der Waals surface area contributed by atoms with Crippen molar-refractivity contribution in [1.29, 1.82) is 5.26 Å². The third-order valence-corrected chi connectivity index (χ3v) is 5.96. The number of nitrogens with one attached hydrogen (secondary N) is 1. The average Bonchev–Trinajstić information content (AvgIpc) is 2.93. The van der Waals surface area contributed by atoms with Gasteiger partial charge in [0, 0.05) is 22.4 Å². The van der Waals surface area contributed by atoms with Gasteiger partial charge in [-0.2, -0.15) is 5.26 Å². The number of hydrogen-bond donors (Lipinski definition) is 1. The summed E-state index contributed by atoms with van der Waals surface area (Å²) in [5, 5.41) is 15.6. The molecule has 5 heteroatoms. The Kier molecular flexibility index (Phi) is 3.35. The zero-order valence-corrected chi connectivity index (χ0v) is 12.1. The minimum Gasteiger partial charge on any atom is -0.297 e. The molecule has 1 aromatic heterocycles. The van der Waals surface area contributed by atoms with Crippen LogP contribution >= 0.6 is 23.1 Å². The van der Waals surface area contributed by atoms with E-state index in [4.69, 9.17) is 0 Å². The van der Waals surface area contributed by atoms with Gasteiger partial charge in [0.25, 0.3) is 0 Å². The first-order chi connectivity index (χ1) is 8.69. The van der Waals surface area contributed by atoms with E-state index in [1.807, 2.05) is 18.7 Å². The summed E-state index contributed by atoms with van der Waals surface area (Å²) in [4.78, 5) is 4.50. The van der Waals surface area contributed by atoms with E-state index < -0.39 is 0 Å². The lowest BCUT2D eigenvalue weighted by molar-refractivity contribution is 0.420. The minimum atomic E-state index is -0.259. The fraction of sp³-hybridized carbons (Fsp3) is 0.692. The maximum atomic E-state index is 9.45. The van der Waals surface area contributed by atoms with Crippen molar-refractivity contribution in [3.63, 3.8) is 0 Å². The van der Waals surface area contributed by atoms with Crippen LogP contribution in [0, 0.1) is 18.3 Å². The highest BCUT2D eigenvalue weighted by atomic mass is 32.2. The fourth-order valence-corrected chi connectivity index (χ4v) is 4.89. The van der Waals surface area contributed by atoms with Crippen molar-refractivity contribution in [2.45, 2.75) is 60.2 Å². The quantitative estimate of drug-likeness (QED) is 0.920. The highest BCUT2D eigenvalue weighted by molar-refractivity contribution is 8.01. The molecule has 0 spiro atoms. The predicted octanol–water partition coefficient (Wildman–Crippen LogP) is 3.11. The molecule has 0 bridgehead atoms. The number of thiazole rings is 1. The normalized spacial score (nSPS) is 31.4. The number of rotatable bonds is 4. The molecule has 1 N–H and O–H groups in total. The fourth-order valence-electron chi connectivity index (χ4n) is 2.51. The summed E-state index contributed by atoms with van der Waals surface area (Å²) in [6.45, 7) is 2.03. The number of aromatic nitrogens is 1. The molecular weight excluding hydrogens is 262 g/mol. The van der Waals surface area contributed by atoms with Crippen LogP contribution in [-0.2, 0) is 0 Å². The Morgan fingerprint density at radius 2 is 2.39 bits per heavy atom. The van der Waals surface area contributed by atoms with Gasteiger partial charge >= 0.3 is 0 Å². The van der Waals surface area contributed by atoms with Gasteiger partial charge in [-0.1, -0.05) is 11.8 Å². The van der Waals surface area contributed by atoms with Gasteiger partial charge in [-0.3, -0.25) is 5.32 Å². The van der Waals surface area contributed by atoms with Crippen LogP contribution in [0.5, 0.6) is 0 Å². The van der Waals surface area contributed by atoms with E-state index in [9.17, 15) is 5.26 Å². The van der Waals surface area contributed by atoms with Gasteiger partial charge in [-0.05, 0) is 39.0 Å². The van der Waals surface area contributed by atoms with Crippen LogP contribution < -0.4 is 5.32 Å². The Morgan fingerprint density at radius 1 is 1.56 bits per heavy atom. The molecule has 0 aromatic carbocycles. The number of aryl methyl sites for hydroxylation is 1. The van der Waals surface area contributed by atoms with Crippen molar-refractivity contribution in [1.82, 2.24) is 10.3 Å². The van der Waals surface area contributed by atoms with Crippen molar-refractivity contribution in [2.24, 2.45) is 0 Å². The number of thioether (sulfide) groups is 1. The topological polar surface area (TPSA) is 48.7 Å². The van der Waals surface area contributed by atoms with E-state index in [-0.39, 0.29) is 5.54 Å². The molecule has 1 heterocycles. The smallest absolute Gasteiger partial charge is 0.150 e. The van der Waals surface area contributed by atoms with Crippen LogP contribution in [0.2, 0.25) is 0 Å². The molecule has 2 fully saturated rings. The summed E-state index contributed by atoms with van der Waals surface area (Å²) < 4.78 is 1.15. The van der Waals surface area contributed by atoms with Gasteiger partial charge in [0.05, 0.1) is 6.07 Å². The van der Waals surface area contributed by atoms with Crippen molar-refractivity contribution in [3.05, 3.63) is 11.1 Å². The van der Waals surface area contributed by atoms with E-state index in [1.54, 1.807) is 11.3 Å². The second kappa shape index (κ2) is 4.84. The lowest BCUT2D eigenvalue weighted by Gasteiger charge is -2.22. The van der Waals surface area contributed by atoms with Crippen molar-refractivity contribution < 1.29 is 0 Å². The third kappa shape index (κ3) is 2.71. The number of nitriles is 1. The zero-order valence-electron chi connectivity index (χ0n) is 10.5. The molecular formula is C13H17N3S2. The van der Waals surface area contributed by atoms with Gasteiger partial charge in [-0.15, -0.1) is 11.3 Å². The molecule has 2 saturated carbocycles. The van der Waals surface area contributed by atoms with Crippen LogP contribution in [0.25, 0.3) is 0 Å². The van der Waals surface area contributed by atoms with Gasteiger partial charge in [0.2, 0.25) is 0 Å². The molecule has 1 aromatic rings. The minimum absolute atomic E-state index is 0.259. The number of nitrogens with zero attached hydrogens (tertiary/aromatic N) is 2. The molecule has 18 heavy (non-hydrogen) atoms. The van der Waals surface area contributed by atoms with Crippen LogP contribution in [-0.4, -0.2) is 21.8 Å². The second-order valence-electron chi connectivity index (χ2n) is 5.35. The van der Waals surface area contributed by atoms with E-state index in [0.29, 0.717) is 11.3 Å². The summed E-state index contributed by atoms with van der Waals surface area (Å²) >= 11 is 3.57. The molecule has 3 rings (SSSR count). The molecule has 2 atom stereocenters. The molecule has 2 unspecified atom stereocenters. The van der Waals surface area contributed by atoms with Crippen LogP contribution in [0.1, 0.15) is 37.8 Å². The second-order valence-corrected chi connectivity index (χ2v) is 7.76. The lowest BCUT2D eigenvalue weighted by atomic mass is 10.00.